The van der Waals surface area contributed by atoms with Crippen LogP contribution in [0.3, 0.4) is 0 Å². The summed E-state index contributed by atoms with van der Waals surface area (Å²) in [4.78, 5) is 8.00. The Morgan fingerprint density at radius 3 is 2.25 bits per heavy atom. The van der Waals surface area contributed by atoms with Gasteiger partial charge in [0.25, 0.3) is 0 Å². The van der Waals surface area contributed by atoms with E-state index in [0.29, 0.717) is 10.0 Å². The lowest BCUT2D eigenvalue weighted by atomic mass is 10.2. The Morgan fingerprint density at radius 2 is 1.83 bits per heavy atom. The van der Waals surface area contributed by atoms with Gasteiger partial charge in [0.2, 0.25) is 0 Å². The van der Waals surface area contributed by atoms with Crippen molar-refractivity contribution in [3.63, 3.8) is 0 Å². The van der Waals surface area contributed by atoms with Gasteiger partial charge in [-0.2, -0.15) is 0 Å². The highest BCUT2D eigenvalue weighted by Crippen LogP contribution is 2.22. The number of carbonyl (C=O) groups is 1. The van der Waals surface area contributed by atoms with E-state index in [9.17, 15) is 0 Å². The van der Waals surface area contributed by atoms with Crippen molar-refractivity contribution in [3.8, 4) is 0 Å². The zero-order valence-electron chi connectivity index (χ0n) is 6.81. The molecule has 0 fully saturated rings. The molecule has 12 heavy (non-hydrogen) atoms. The van der Waals surface area contributed by atoms with Gasteiger partial charge in [-0.15, -0.1) is 0 Å². The fourth-order valence-corrected chi connectivity index (χ4v) is 1.08. The van der Waals surface area contributed by atoms with Crippen LogP contribution in [-0.2, 0) is 11.2 Å². The quantitative estimate of drug-likeness (QED) is 0.686. The second-order valence-electron chi connectivity index (χ2n) is 2.10. The Bertz CT molecular complexity index is 248. The molecular weight excluding hydrogens is 195 g/mol. The molecule has 0 spiro atoms. The molecular formula is C9H10Cl2O. The van der Waals surface area contributed by atoms with E-state index in [2.05, 4.69) is 6.92 Å². The molecule has 0 N–H and O–H groups in total. The van der Waals surface area contributed by atoms with Crippen molar-refractivity contribution >= 4 is 30.0 Å². The molecule has 1 aromatic rings. The number of carbonyl (C=O) groups excluding carboxylic acids is 1. The number of hydrogen-bond acceptors (Lipinski definition) is 1. The van der Waals surface area contributed by atoms with Crippen LogP contribution in [0.4, 0.5) is 0 Å². The molecule has 0 aliphatic heterocycles. The van der Waals surface area contributed by atoms with Gasteiger partial charge in [-0.3, -0.25) is 0 Å². The van der Waals surface area contributed by atoms with Crippen LogP contribution < -0.4 is 0 Å². The summed E-state index contributed by atoms with van der Waals surface area (Å²) in [5.41, 5.74) is 1.22. The van der Waals surface area contributed by atoms with E-state index in [-0.39, 0.29) is 0 Å². The monoisotopic (exact) mass is 204 g/mol. The van der Waals surface area contributed by atoms with Crippen LogP contribution in [0.25, 0.3) is 0 Å². The van der Waals surface area contributed by atoms with Crippen molar-refractivity contribution in [2.24, 2.45) is 0 Å². The summed E-state index contributed by atoms with van der Waals surface area (Å²) in [5.74, 6) is 0. The molecule has 0 aromatic heterocycles. The van der Waals surface area contributed by atoms with Crippen LogP contribution in [0.5, 0.6) is 0 Å². The second-order valence-corrected chi connectivity index (χ2v) is 2.92. The molecule has 3 heteroatoms. The molecule has 0 saturated carbocycles. The average molecular weight is 205 g/mol. The lowest BCUT2D eigenvalue weighted by molar-refractivity contribution is -0.0979. The highest BCUT2D eigenvalue weighted by molar-refractivity contribution is 6.41. The second kappa shape index (κ2) is 6.04. The van der Waals surface area contributed by atoms with Crippen molar-refractivity contribution in [1.29, 1.82) is 0 Å². The largest absolute Gasteiger partial charge is 0.307 e. The number of rotatable bonds is 1. The van der Waals surface area contributed by atoms with Crippen LogP contribution in [-0.4, -0.2) is 6.79 Å². The predicted molar refractivity (Wildman–Crippen MR) is 53.0 cm³/mol. The first-order chi connectivity index (χ1) is 5.74. The fourth-order valence-electron chi connectivity index (χ4n) is 0.760. The summed E-state index contributed by atoms with van der Waals surface area (Å²) in [6, 6.07) is 5.70. The van der Waals surface area contributed by atoms with Gasteiger partial charge in [0.15, 0.2) is 0 Å². The van der Waals surface area contributed by atoms with Crippen molar-refractivity contribution in [3.05, 3.63) is 33.8 Å². The van der Waals surface area contributed by atoms with Gasteiger partial charge >= 0.3 is 0 Å². The van der Waals surface area contributed by atoms with E-state index in [0.717, 1.165) is 6.42 Å². The molecule has 0 amide bonds. The maximum atomic E-state index is 8.00. The third-order valence-corrected chi connectivity index (χ3v) is 2.13. The standard InChI is InChI=1S/C8H8Cl2.CH2O/c1-2-6-3-4-7(9)8(10)5-6;1-2/h3-5H,2H2,1H3;1H2. The Kier molecular flexibility index (Phi) is 5.77. The third-order valence-electron chi connectivity index (χ3n) is 1.39. The topological polar surface area (TPSA) is 17.1 Å². The van der Waals surface area contributed by atoms with Crippen LogP contribution in [0.2, 0.25) is 10.0 Å². The first-order valence-electron chi connectivity index (χ1n) is 3.47. The summed E-state index contributed by atoms with van der Waals surface area (Å²) in [6.45, 7) is 4.08. The van der Waals surface area contributed by atoms with E-state index in [1.807, 2.05) is 25.0 Å². The van der Waals surface area contributed by atoms with Crippen molar-refractivity contribution in [1.82, 2.24) is 0 Å². The van der Waals surface area contributed by atoms with Crippen LogP contribution >= 0.6 is 23.2 Å². The zero-order chi connectivity index (χ0) is 9.56. The Labute approximate surface area is 82.3 Å². The highest BCUT2D eigenvalue weighted by Gasteiger charge is 1.96. The lowest BCUT2D eigenvalue weighted by Crippen LogP contribution is -1.78. The van der Waals surface area contributed by atoms with Crippen molar-refractivity contribution in [2.75, 3.05) is 0 Å². The molecule has 1 aromatic carbocycles. The predicted octanol–water partition coefficient (Wildman–Crippen LogP) is 3.37. The molecule has 66 valence electrons. The summed E-state index contributed by atoms with van der Waals surface area (Å²) < 4.78 is 0. The average Bonchev–Trinajstić information content (AvgIpc) is 2.13. The maximum Gasteiger partial charge on any atom is 0.106 e. The fraction of sp³-hybridized carbons (Fsp3) is 0.222. The van der Waals surface area contributed by atoms with E-state index in [1.165, 1.54) is 5.56 Å². The first kappa shape index (κ1) is 11.5. The molecule has 0 unspecified atom stereocenters. The first-order valence-corrected chi connectivity index (χ1v) is 4.22. The van der Waals surface area contributed by atoms with Gasteiger partial charge in [-0.1, -0.05) is 36.2 Å². The van der Waals surface area contributed by atoms with Crippen LogP contribution in [0.15, 0.2) is 18.2 Å². The van der Waals surface area contributed by atoms with E-state index in [4.69, 9.17) is 28.0 Å². The summed E-state index contributed by atoms with van der Waals surface area (Å²) in [7, 11) is 0. The van der Waals surface area contributed by atoms with Crippen molar-refractivity contribution < 1.29 is 4.79 Å². The number of benzene rings is 1. The maximum absolute atomic E-state index is 8.00. The summed E-state index contributed by atoms with van der Waals surface area (Å²) in [6.07, 6.45) is 0.997. The highest BCUT2D eigenvalue weighted by atomic mass is 35.5. The minimum atomic E-state index is 0.624. The number of hydrogen-bond donors (Lipinski definition) is 0. The van der Waals surface area contributed by atoms with Gasteiger partial charge in [-0.05, 0) is 24.1 Å². The number of aryl methyl sites for hydroxylation is 1. The van der Waals surface area contributed by atoms with Gasteiger partial charge in [0.05, 0.1) is 10.0 Å². The van der Waals surface area contributed by atoms with E-state index < -0.39 is 0 Å². The van der Waals surface area contributed by atoms with Crippen LogP contribution in [0, 0.1) is 0 Å². The number of halogens is 2. The van der Waals surface area contributed by atoms with Crippen LogP contribution in [0.1, 0.15) is 12.5 Å². The molecule has 0 aliphatic carbocycles. The Balaban J connectivity index is 0.000000561. The zero-order valence-corrected chi connectivity index (χ0v) is 8.32. The molecule has 0 aliphatic rings. The molecule has 0 heterocycles. The normalized spacial score (nSPS) is 8.58. The van der Waals surface area contributed by atoms with Gasteiger partial charge in [-0.25, -0.2) is 0 Å². The molecule has 0 radical (unpaired) electrons. The lowest BCUT2D eigenvalue weighted by Gasteiger charge is -1.97. The summed E-state index contributed by atoms with van der Waals surface area (Å²) >= 11 is 11.5. The van der Waals surface area contributed by atoms with Crippen molar-refractivity contribution in [2.45, 2.75) is 13.3 Å². The molecule has 1 nitrogen and oxygen atoms in total. The van der Waals surface area contributed by atoms with E-state index >= 15 is 0 Å². The molecule has 0 saturated heterocycles. The molecule has 0 atom stereocenters. The van der Waals surface area contributed by atoms with Gasteiger partial charge in [0.1, 0.15) is 6.79 Å². The molecule has 0 bridgehead atoms. The van der Waals surface area contributed by atoms with Gasteiger partial charge in [0, 0.05) is 0 Å². The minimum absolute atomic E-state index is 0.624. The smallest absolute Gasteiger partial charge is 0.106 e. The SMILES string of the molecule is C=O.CCc1ccc(Cl)c(Cl)c1. The molecule has 1 rings (SSSR count). The van der Waals surface area contributed by atoms with E-state index in [1.54, 1.807) is 0 Å². The minimum Gasteiger partial charge on any atom is -0.307 e. The Hall–Kier alpha value is -0.530. The Morgan fingerprint density at radius 1 is 1.25 bits per heavy atom. The summed E-state index contributed by atoms with van der Waals surface area (Å²) in [5, 5.41) is 1.26. The third kappa shape index (κ3) is 3.24. The van der Waals surface area contributed by atoms with Gasteiger partial charge < -0.3 is 4.79 Å².